The molecule has 30 heavy (non-hydrogen) atoms. The van der Waals surface area contributed by atoms with Gasteiger partial charge in [-0.05, 0) is 58.7 Å². The molecule has 2 aliphatic rings. The van der Waals surface area contributed by atoms with E-state index in [1.165, 1.54) is 0 Å². The van der Waals surface area contributed by atoms with Gasteiger partial charge in [0, 0.05) is 42.0 Å². The molecule has 1 aromatic heterocycles. The Morgan fingerprint density at radius 3 is 2.50 bits per heavy atom. The van der Waals surface area contributed by atoms with Crippen LogP contribution in [0.5, 0.6) is 11.5 Å². The first-order valence-electron chi connectivity index (χ1n) is 10.5. The first-order valence-corrected chi connectivity index (χ1v) is 10.5. The van der Waals surface area contributed by atoms with Crippen LogP contribution in [-0.2, 0) is 9.53 Å². The number of rotatable bonds is 5. The molecule has 0 saturated heterocycles. The minimum atomic E-state index is -0.539. The Labute approximate surface area is 176 Å². The van der Waals surface area contributed by atoms with Crippen molar-refractivity contribution in [3.63, 3.8) is 0 Å². The Bertz CT molecular complexity index is 986. The van der Waals surface area contributed by atoms with Crippen molar-refractivity contribution < 1.29 is 23.8 Å². The average molecular weight is 412 g/mol. The molecule has 1 saturated carbocycles. The quantitative estimate of drug-likeness (QED) is 0.731. The lowest BCUT2D eigenvalue weighted by Gasteiger charge is -2.21. The molecule has 1 aromatic carbocycles. The number of aromatic nitrogens is 1. The smallest absolute Gasteiger partial charge is 0.340 e. The first kappa shape index (κ1) is 20.3. The summed E-state index contributed by atoms with van der Waals surface area (Å²) in [5.74, 6) is -0.118. The maximum atomic E-state index is 12.5. The zero-order valence-corrected chi connectivity index (χ0v) is 17.9. The third kappa shape index (κ3) is 3.76. The van der Waals surface area contributed by atoms with E-state index in [1.54, 1.807) is 24.3 Å². The van der Waals surface area contributed by atoms with E-state index in [9.17, 15) is 9.59 Å². The molecular weight excluding hydrogens is 384 g/mol. The van der Waals surface area contributed by atoms with Crippen molar-refractivity contribution in [2.45, 2.75) is 65.2 Å². The zero-order chi connectivity index (χ0) is 21.5. The fourth-order valence-corrected chi connectivity index (χ4v) is 4.47. The number of hydrogen-bond donors (Lipinski definition) is 1. The number of fused-ring (bicyclic) bond motifs is 1. The number of hydrogen-bond acceptors (Lipinski definition) is 5. The second-order valence-electron chi connectivity index (χ2n) is 8.36. The van der Waals surface area contributed by atoms with Crippen LogP contribution >= 0.6 is 0 Å². The van der Waals surface area contributed by atoms with E-state index < -0.39 is 17.7 Å². The SMILES string of the molecule is Cc1cc(C(=O)OCC(=O)Nc2ccc3c(c2)OC2(CCCC2)O3)c(C)n1C(C)C. The van der Waals surface area contributed by atoms with Crippen molar-refractivity contribution in [2.75, 3.05) is 11.9 Å². The molecule has 1 aliphatic heterocycles. The van der Waals surface area contributed by atoms with Crippen molar-refractivity contribution in [3.8, 4) is 11.5 Å². The minimum Gasteiger partial charge on any atom is -0.452 e. The van der Waals surface area contributed by atoms with Gasteiger partial charge >= 0.3 is 5.97 Å². The predicted octanol–water partition coefficient (Wildman–Crippen LogP) is 4.52. The van der Waals surface area contributed by atoms with Gasteiger partial charge in [0.05, 0.1) is 5.56 Å². The summed E-state index contributed by atoms with van der Waals surface area (Å²) in [5.41, 5.74) is 2.88. The van der Waals surface area contributed by atoms with Crippen LogP contribution < -0.4 is 14.8 Å². The van der Waals surface area contributed by atoms with Crippen LogP contribution in [0.15, 0.2) is 24.3 Å². The number of ether oxygens (including phenoxy) is 3. The van der Waals surface area contributed by atoms with E-state index in [0.29, 0.717) is 22.7 Å². The second kappa shape index (κ2) is 7.70. The van der Waals surface area contributed by atoms with Crippen LogP contribution in [-0.4, -0.2) is 28.8 Å². The summed E-state index contributed by atoms with van der Waals surface area (Å²) in [6.07, 6.45) is 3.92. The fourth-order valence-electron chi connectivity index (χ4n) is 4.47. The van der Waals surface area contributed by atoms with Gasteiger partial charge in [0.25, 0.3) is 11.7 Å². The largest absolute Gasteiger partial charge is 0.452 e. The predicted molar refractivity (Wildman–Crippen MR) is 112 cm³/mol. The number of aryl methyl sites for hydroxylation is 1. The van der Waals surface area contributed by atoms with E-state index in [4.69, 9.17) is 14.2 Å². The van der Waals surface area contributed by atoms with Crippen LogP contribution in [0, 0.1) is 13.8 Å². The van der Waals surface area contributed by atoms with Crippen LogP contribution in [0.25, 0.3) is 0 Å². The van der Waals surface area contributed by atoms with Crippen molar-refractivity contribution in [1.82, 2.24) is 4.57 Å². The number of carbonyl (C=O) groups excluding carboxylic acids is 2. The monoisotopic (exact) mass is 412 g/mol. The molecule has 0 atom stereocenters. The average Bonchev–Trinajstić information content (AvgIpc) is 3.36. The molecule has 7 heteroatoms. The lowest BCUT2D eigenvalue weighted by molar-refractivity contribution is -0.119. The number of benzene rings is 1. The number of carbonyl (C=O) groups is 2. The Morgan fingerprint density at radius 2 is 1.83 bits per heavy atom. The number of nitrogens with one attached hydrogen (secondary N) is 1. The summed E-state index contributed by atoms with van der Waals surface area (Å²) in [4.78, 5) is 24.8. The molecule has 0 unspecified atom stereocenters. The second-order valence-corrected chi connectivity index (χ2v) is 8.36. The van der Waals surface area contributed by atoms with Crippen molar-refractivity contribution in [2.24, 2.45) is 0 Å². The van der Waals surface area contributed by atoms with Gasteiger partial charge in [-0.2, -0.15) is 0 Å². The highest BCUT2D eigenvalue weighted by atomic mass is 16.7. The van der Waals surface area contributed by atoms with Gasteiger partial charge in [-0.3, -0.25) is 4.79 Å². The number of amides is 1. The lowest BCUT2D eigenvalue weighted by Crippen LogP contribution is -2.34. The molecule has 1 aliphatic carbocycles. The fraction of sp³-hybridized carbons (Fsp3) is 0.478. The molecule has 1 fully saturated rings. The molecule has 1 amide bonds. The van der Waals surface area contributed by atoms with Gasteiger partial charge in [-0.1, -0.05) is 0 Å². The molecule has 4 rings (SSSR count). The maximum absolute atomic E-state index is 12.5. The van der Waals surface area contributed by atoms with Crippen molar-refractivity contribution >= 4 is 17.6 Å². The van der Waals surface area contributed by atoms with Gasteiger partial charge in [-0.25, -0.2) is 4.79 Å². The Morgan fingerprint density at radius 1 is 1.13 bits per heavy atom. The highest BCUT2D eigenvalue weighted by Crippen LogP contribution is 2.47. The van der Waals surface area contributed by atoms with Gasteiger partial charge in [-0.15, -0.1) is 0 Å². The number of nitrogens with zero attached hydrogens (tertiary/aromatic N) is 1. The molecule has 2 aromatic rings. The highest BCUT2D eigenvalue weighted by molar-refractivity contribution is 5.96. The van der Waals surface area contributed by atoms with Crippen LogP contribution in [0.2, 0.25) is 0 Å². The van der Waals surface area contributed by atoms with Crippen molar-refractivity contribution in [1.29, 1.82) is 0 Å². The summed E-state index contributed by atoms with van der Waals surface area (Å²) < 4.78 is 19.3. The van der Waals surface area contributed by atoms with E-state index in [-0.39, 0.29) is 12.6 Å². The summed E-state index contributed by atoms with van der Waals surface area (Å²) >= 11 is 0. The first-order chi connectivity index (χ1) is 14.3. The highest BCUT2D eigenvalue weighted by Gasteiger charge is 2.44. The normalized spacial score (nSPS) is 16.3. The molecular formula is C23H28N2O5. The van der Waals surface area contributed by atoms with Gasteiger partial charge < -0.3 is 24.1 Å². The van der Waals surface area contributed by atoms with Crippen LogP contribution in [0.4, 0.5) is 5.69 Å². The topological polar surface area (TPSA) is 78.8 Å². The molecule has 7 nitrogen and oxygen atoms in total. The van der Waals surface area contributed by atoms with Crippen LogP contribution in [0.1, 0.15) is 67.3 Å². The van der Waals surface area contributed by atoms with Gasteiger partial charge in [0.15, 0.2) is 18.1 Å². The maximum Gasteiger partial charge on any atom is 0.340 e. The molecule has 0 radical (unpaired) electrons. The summed E-state index contributed by atoms with van der Waals surface area (Å²) in [5, 5.41) is 2.75. The Balaban J connectivity index is 1.35. The number of esters is 1. The Hall–Kier alpha value is -2.96. The van der Waals surface area contributed by atoms with E-state index in [1.807, 2.05) is 13.8 Å². The minimum absolute atomic E-state index is 0.240. The van der Waals surface area contributed by atoms with Crippen LogP contribution in [0.3, 0.4) is 0 Å². The van der Waals surface area contributed by atoms with E-state index >= 15 is 0 Å². The molecule has 1 N–H and O–H groups in total. The summed E-state index contributed by atoms with van der Waals surface area (Å²) in [6, 6.07) is 7.34. The summed E-state index contributed by atoms with van der Waals surface area (Å²) in [7, 11) is 0. The molecule has 0 bridgehead atoms. The third-order valence-corrected chi connectivity index (χ3v) is 5.74. The molecule has 160 valence electrons. The number of anilines is 1. The lowest BCUT2D eigenvalue weighted by atomic mass is 10.2. The van der Waals surface area contributed by atoms with E-state index in [2.05, 4.69) is 23.7 Å². The van der Waals surface area contributed by atoms with Gasteiger partial charge in [0.2, 0.25) is 0 Å². The molecule has 1 spiro atoms. The standard InChI is InChI=1S/C23H28N2O5/c1-14(2)25-15(3)11-18(16(25)4)22(27)28-13-21(26)24-17-7-8-19-20(12-17)30-23(29-19)9-5-6-10-23/h7-8,11-12,14H,5-6,9-10,13H2,1-4H3,(H,24,26). The Kier molecular flexibility index (Phi) is 5.22. The molecule has 2 heterocycles. The third-order valence-electron chi connectivity index (χ3n) is 5.74. The van der Waals surface area contributed by atoms with E-state index in [0.717, 1.165) is 37.1 Å². The zero-order valence-electron chi connectivity index (χ0n) is 17.9. The van der Waals surface area contributed by atoms with Crippen molar-refractivity contribution in [3.05, 3.63) is 41.2 Å². The summed E-state index contributed by atoms with van der Waals surface area (Å²) in [6.45, 7) is 7.59. The van der Waals surface area contributed by atoms with Gasteiger partial charge in [0.1, 0.15) is 0 Å².